The van der Waals surface area contributed by atoms with Gasteiger partial charge in [0, 0.05) is 12.6 Å². The van der Waals surface area contributed by atoms with E-state index in [0.29, 0.717) is 6.54 Å². The fourth-order valence-corrected chi connectivity index (χ4v) is 2.08. The first-order valence-electron chi connectivity index (χ1n) is 5.36. The molecule has 82 valence electrons. The van der Waals surface area contributed by atoms with E-state index in [4.69, 9.17) is 0 Å². The molecule has 0 saturated carbocycles. The highest BCUT2D eigenvalue weighted by Gasteiger charge is 2.29. The third-order valence-electron chi connectivity index (χ3n) is 2.87. The molecular formula is C12H17NO2. The van der Waals surface area contributed by atoms with Crippen molar-refractivity contribution in [1.29, 1.82) is 0 Å². The summed E-state index contributed by atoms with van der Waals surface area (Å²) in [6.07, 6.45) is 0.0187. The Morgan fingerprint density at radius 1 is 1.47 bits per heavy atom. The molecule has 1 aliphatic carbocycles. The molecule has 1 aliphatic rings. The van der Waals surface area contributed by atoms with Gasteiger partial charge in [-0.25, -0.2) is 0 Å². The van der Waals surface area contributed by atoms with Gasteiger partial charge >= 0.3 is 0 Å². The zero-order valence-electron chi connectivity index (χ0n) is 8.85. The van der Waals surface area contributed by atoms with Gasteiger partial charge < -0.3 is 15.5 Å². The van der Waals surface area contributed by atoms with Crippen molar-refractivity contribution in [2.45, 2.75) is 31.6 Å². The third kappa shape index (κ3) is 2.20. The van der Waals surface area contributed by atoms with Crippen molar-refractivity contribution in [3.63, 3.8) is 0 Å². The van der Waals surface area contributed by atoms with Gasteiger partial charge in [-0.15, -0.1) is 0 Å². The Labute approximate surface area is 89.8 Å². The topological polar surface area (TPSA) is 52.5 Å². The number of aliphatic hydroxyl groups excluding tert-OH is 2. The number of hydrogen-bond donors (Lipinski definition) is 3. The second-order valence-electron chi connectivity index (χ2n) is 4.21. The number of rotatable bonds is 3. The molecule has 0 spiro atoms. The smallest absolute Gasteiger partial charge is 0.0948 e. The minimum absolute atomic E-state index is 0.0389. The van der Waals surface area contributed by atoms with Gasteiger partial charge in [0.15, 0.2) is 0 Å². The minimum atomic E-state index is -0.444. The number of benzene rings is 1. The molecule has 0 fully saturated rings. The average molecular weight is 207 g/mol. The maximum Gasteiger partial charge on any atom is 0.0948 e. The fourth-order valence-electron chi connectivity index (χ4n) is 2.08. The fraction of sp³-hybridized carbons (Fsp3) is 0.500. The first-order valence-corrected chi connectivity index (χ1v) is 5.36. The predicted octanol–water partition coefficient (Wildman–Crippen LogP) is 0.615. The van der Waals surface area contributed by atoms with Crippen LogP contribution in [0.25, 0.3) is 0 Å². The molecular weight excluding hydrogens is 190 g/mol. The van der Waals surface area contributed by atoms with Crippen molar-refractivity contribution < 1.29 is 10.2 Å². The summed E-state index contributed by atoms with van der Waals surface area (Å²) in [6.45, 7) is 2.26. The first kappa shape index (κ1) is 10.6. The quantitative estimate of drug-likeness (QED) is 0.681. The van der Waals surface area contributed by atoms with Crippen LogP contribution < -0.4 is 5.32 Å². The number of aliphatic hydroxyl groups is 2. The molecule has 0 amide bonds. The maximum absolute atomic E-state index is 10.0. The summed E-state index contributed by atoms with van der Waals surface area (Å²) in [7, 11) is 0. The second kappa shape index (κ2) is 4.31. The van der Waals surface area contributed by atoms with Gasteiger partial charge in [-0.1, -0.05) is 24.3 Å². The van der Waals surface area contributed by atoms with Crippen LogP contribution in [0.15, 0.2) is 24.3 Å². The Hall–Kier alpha value is -0.900. The van der Waals surface area contributed by atoms with Crippen LogP contribution in [0.3, 0.4) is 0 Å². The van der Waals surface area contributed by atoms with E-state index in [1.807, 2.05) is 24.3 Å². The van der Waals surface area contributed by atoms with Gasteiger partial charge in [-0.2, -0.15) is 0 Å². The van der Waals surface area contributed by atoms with Crippen molar-refractivity contribution in [3.05, 3.63) is 35.4 Å². The third-order valence-corrected chi connectivity index (χ3v) is 2.87. The van der Waals surface area contributed by atoms with Gasteiger partial charge in [0.1, 0.15) is 0 Å². The summed E-state index contributed by atoms with van der Waals surface area (Å²) in [5.41, 5.74) is 2.22. The number of fused-ring (bicyclic) bond motifs is 1. The standard InChI is InChI=1S/C12H17NO2/c1-8(14)7-13-11-6-9-4-2-3-5-10(9)12(11)15/h2-5,8,11-15H,6-7H2,1H3. The molecule has 15 heavy (non-hydrogen) atoms. The zero-order valence-corrected chi connectivity index (χ0v) is 8.85. The Kier molecular flexibility index (Phi) is 3.05. The van der Waals surface area contributed by atoms with Crippen molar-refractivity contribution in [2.24, 2.45) is 0 Å². The van der Waals surface area contributed by atoms with Crippen molar-refractivity contribution in [3.8, 4) is 0 Å². The summed E-state index contributed by atoms with van der Waals surface area (Å²) in [4.78, 5) is 0. The van der Waals surface area contributed by atoms with E-state index in [0.717, 1.165) is 12.0 Å². The monoisotopic (exact) mass is 207 g/mol. The summed E-state index contributed by atoms with van der Waals surface area (Å²) in [5.74, 6) is 0. The molecule has 0 heterocycles. The molecule has 0 saturated heterocycles. The minimum Gasteiger partial charge on any atom is -0.392 e. The summed E-state index contributed by atoms with van der Waals surface area (Å²) in [5, 5.41) is 22.4. The van der Waals surface area contributed by atoms with E-state index < -0.39 is 6.10 Å². The van der Waals surface area contributed by atoms with Crippen molar-refractivity contribution in [1.82, 2.24) is 5.32 Å². The van der Waals surface area contributed by atoms with E-state index in [1.54, 1.807) is 6.92 Å². The Bertz CT molecular complexity index is 338. The Balaban J connectivity index is 2.03. The molecule has 1 aromatic rings. The van der Waals surface area contributed by atoms with Crippen molar-refractivity contribution in [2.75, 3.05) is 6.54 Å². The molecule has 1 aromatic carbocycles. The lowest BCUT2D eigenvalue weighted by Crippen LogP contribution is -2.37. The highest BCUT2D eigenvalue weighted by atomic mass is 16.3. The van der Waals surface area contributed by atoms with E-state index in [1.165, 1.54) is 5.56 Å². The van der Waals surface area contributed by atoms with Gasteiger partial charge in [-0.3, -0.25) is 0 Å². The zero-order chi connectivity index (χ0) is 10.8. The first-order chi connectivity index (χ1) is 7.18. The van der Waals surface area contributed by atoms with E-state index in [2.05, 4.69) is 5.32 Å². The van der Waals surface area contributed by atoms with Crippen LogP contribution in [0.5, 0.6) is 0 Å². The molecule has 3 unspecified atom stereocenters. The average Bonchev–Trinajstić information content (AvgIpc) is 2.54. The Morgan fingerprint density at radius 3 is 2.87 bits per heavy atom. The molecule has 3 heteroatoms. The molecule has 0 radical (unpaired) electrons. The molecule has 2 rings (SSSR count). The molecule has 3 nitrogen and oxygen atoms in total. The van der Waals surface area contributed by atoms with Crippen LogP contribution in [-0.2, 0) is 6.42 Å². The largest absolute Gasteiger partial charge is 0.392 e. The van der Waals surface area contributed by atoms with Crippen LogP contribution in [0.4, 0.5) is 0 Å². The summed E-state index contributed by atoms with van der Waals surface area (Å²) in [6, 6.07) is 7.98. The van der Waals surface area contributed by atoms with Gasteiger partial charge in [0.25, 0.3) is 0 Å². The highest BCUT2D eigenvalue weighted by molar-refractivity contribution is 5.35. The van der Waals surface area contributed by atoms with E-state index in [9.17, 15) is 10.2 Å². The molecule has 3 atom stereocenters. The lowest BCUT2D eigenvalue weighted by molar-refractivity contribution is 0.125. The van der Waals surface area contributed by atoms with Gasteiger partial charge in [-0.05, 0) is 24.5 Å². The van der Waals surface area contributed by atoms with Crippen LogP contribution in [0.1, 0.15) is 24.2 Å². The van der Waals surface area contributed by atoms with Crippen LogP contribution >= 0.6 is 0 Å². The van der Waals surface area contributed by atoms with Crippen LogP contribution in [0.2, 0.25) is 0 Å². The molecule has 3 N–H and O–H groups in total. The number of nitrogens with one attached hydrogen (secondary N) is 1. The van der Waals surface area contributed by atoms with Gasteiger partial charge in [0.05, 0.1) is 12.2 Å². The van der Waals surface area contributed by atoms with Crippen LogP contribution in [0, 0.1) is 0 Å². The van der Waals surface area contributed by atoms with Gasteiger partial charge in [0.2, 0.25) is 0 Å². The lowest BCUT2D eigenvalue weighted by atomic mass is 10.1. The summed E-state index contributed by atoms with van der Waals surface area (Å²) >= 11 is 0. The second-order valence-corrected chi connectivity index (χ2v) is 4.21. The maximum atomic E-state index is 10.0. The number of hydrogen-bond acceptors (Lipinski definition) is 3. The highest BCUT2D eigenvalue weighted by Crippen LogP contribution is 2.30. The lowest BCUT2D eigenvalue weighted by Gasteiger charge is -2.17. The molecule has 0 aliphatic heterocycles. The molecule has 0 bridgehead atoms. The SMILES string of the molecule is CC(O)CNC1Cc2ccccc2C1O. The Morgan fingerprint density at radius 2 is 2.20 bits per heavy atom. The van der Waals surface area contributed by atoms with E-state index in [-0.39, 0.29) is 12.1 Å². The normalized spacial score (nSPS) is 26.3. The van der Waals surface area contributed by atoms with Crippen molar-refractivity contribution >= 4 is 0 Å². The van der Waals surface area contributed by atoms with E-state index >= 15 is 0 Å². The predicted molar refractivity (Wildman–Crippen MR) is 58.6 cm³/mol. The molecule has 0 aromatic heterocycles. The van der Waals surface area contributed by atoms with Crippen LogP contribution in [-0.4, -0.2) is 28.9 Å². The summed E-state index contributed by atoms with van der Waals surface area (Å²) < 4.78 is 0.